The molecule has 1 aromatic heterocycles. The van der Waals surface area contributed by atoms with Crippen molar-refractivity contribution in [1.82, 2.24) is 0 Å². The molecule has 0 bridgehead atoms. The maximum atomic E-state index is 9.99. The lowest BCUT2D eigenvalue weighted by atomic mass is 10.4. The van der Waals surface area contributed by atoms with E-state index in [0.717, 1.165) is 11.0 Å². The summed E-state index contributed by atoms with van der Waals surface area (Å²) in [6.07, 6.45) is 2.57. The Morgan fingerprint density at radius 3 is 2.82 bits per heavy atom. The molecule has 0 aromatic carbocycles. The fraction of sp³-hybridized carbons (Fsp3) is 0.125. The van der Waals surface area contributed by atoms with Crippen molar-refractivity contribution in [2.24, 2.45) is 0 Å². The zero-order valence-corrected chi connectivity index (χ0v) is 6.85. The van der Waals surface area contributed by atoms with E-state index in [1.807, 2.05) is 19.1 Å². The fourth-order valence-corrected chi connectivity index (χ4v) is 1.47. The summed E-state index contributed by atoms with van der Waals surface area (Å²) in [4.78, 5) is 12.1. The van der Waals surface area contributed by atoms with Gasteiger partial charge in [-0.2, -0.15) is 0 Å². The van der Waals surface area contributed by atoms with Gasteiger partial charge in [-0.05, 0) is 31.2 Å². The summed E-state index contributed by atoms with van der Waals surface area (Å²) in [5.41, 5.74) is 0. The molecule has 1 aromatic rings. The van der Waals surface area contributed by atoms with Crippen LogP contribution in [0.3, 0.4) is 0 Å². The minimum Gasteiger partial charge on any atom is -0.545 e. The van der Waals surface area contributed by atoms with E-state index in [1.54, 1.807) is 11.3 Å². The van der Waals surface area contributed by atoms with Gasteiger partial charge < -0.3 is 9.90 Å². The van der Waals surface area contributed by atoms with Crippen molar-refractivity contribution in [1.29, 1.82) is 0 Å². The minimum atomic E-state index is -1.16. The molecule has 0 saturated heterocycles. The summed E-state index contributed by atoms with van der Waals surface area (Å²) in [5, 5.41) is 9.99. The highest BCUT2D eigenvalue weighted by atomic mass is 32.1. The Morgan fingerprint density at radius 2 is 2.36 bits per heavy atom. The van der Waals surface area contributed by atoms with Crippen molar-refractivity contribution >= 4 is 23.4 Å². The third-order valence-electron chi connectivity index (χ3n) is 1.14. The van der Waals surface area contributed by atoms with Gasteiger partial charge in [0.15, 0.2) is 0 Å². The third kappa shape index (κ3) is 2.55. The van der Waals surface area contributed by atoms with E-state index in [0.29, 0.717) is 0 Å². The quantitative estimate of drug-likeness (QED) is 0.612. The van der Waals surface area contributed by atoms with E-state index in [2.05, 4.69) is 0 Å². The third-order valence-corrected chi connectivity index (χ3v) is 2.11. The maximum absolute atomic E-state index is 9.99. The maximum Gasteiger partial charge on any atom is 0.0643 e. The molecule has 0 aliphatic rings. The zero-order valence-electron chi connectivity index (χ0n) is 6.03. The highest BCUT2D eigenvalue weighted by molar-refractivity contribution is 7.12. The van der Waals surface area contributed by atoms with Crippen molar-refractivity contribution in [2.45, 2.75) is 6.92 Å². The Kier molecular flexibility index (Phi) is 2.44. The van der Waals surface area contributed by atoms with Crippen LogP contribution in [0.25, 0.3) is 6.08 Å². The molecule has 58 valence electrons. The molecule has 2 nitrogen and oxygen atoms in total. The van der Waals surface area contributed by atoms with Gasteiger partial charge >= 0.3 is 0 Å². The Hall–Kier alpha value is -1.09. The molecule has 0 atom stereocenters. The van der Waals surface area contributed by atoms with E-state index in [1.165, 1.54) is 11.0 Å². The molecule has 1 rings (SSSR count). The summed E-state index contributed by atoms with van der Waals surface area (Å²) in [6.45, 7) is 1.97. The van der Waals surface area contributed by atoms with Crippen LogP contribution in [-0.4, -0.2) is 5.97 Å². The average molecular weight is 167 g/mol. The molecule has 0 amide bonds. The lowest BCUT2D eigenvalue weighted by molar-refractivity contribution is -0.297. The molecular formula is C8H7O2S-. The van der Waals surface area contributed by atoms with Gasteiger partial charge in [-0.1, -0.05) is 0 Å². The predicted octanol–water partition coefficient (Wildman–Crippen LogP) is 0.820. The first-order chi connectivity index (χ1) is 5.18. The molecular weight excluding hydrogens is 160 g/mol. The molecule has 0 radical (unpaired) electrons. The van der Waals surface area contributed by atoms with E-state index < -0.39 is 5.97 Å². The number of carbonyl (C=O) groups is 1. The number of carbonyl (C=O) groups excluding carboxylic acids is 1. The Bertz CT molecular complexity index is 286. The Labute approximate surface area is 68.8 Å². The van der Waals surface area contributed by atoms with Crippen LogP contribution < -0.4 is 5.11 Å². The van der Waals surface area contributed by atoms with Gasteiger partial charge in [0.05, 0.1) is 5.97 Å². The van der Waals surface area contributed by atoms with Crippen molar-refractivity contribution in [3.05, 3.63) is 28.0 Å². The molecule has 0 unspecified atom stereocenters. The van der Waals surface area contributed by atoms with Crippen LogP contribution in [0, 0.1) is 6.92 Å². The number of aliphatic carboxylic acids is 1. The molecule has 3 heteroatoms. The normalized spacial score (nSPS) is 10.6. The number of thiophene rings is 1. The van der Waals surface area contributed by atoms with Crippen molar-refractivity contribution in [3.8, 4) is 0 Å². The highest BCUT2D eigenvalue weighted by Crippen LogP contribution is 2.15. The number of carboxylic acid groups (broad SMARTS) is 1. The van der Waals surface area contributed by atoms with Crippen molar-refractivity contribution in [2.75, 3.05) is 0 Å². The summed E-state index contributed by atoms with van der Waals surface area (Å²) >= 11 is 1.55. The average Bonchev–Trinajstić information content (AvgIpc) is 2.31. The van der Waals surface area contributed by atoms with Gasteiger partial charge in [0.2, 0.25) is 0 Å². The second kappa shape index (κ2) is 3.34. The summed E-state index contributed by atoms with van der Waals surface area (Å²) in [6, 6.07) is 3.82. The lowest BCUT2D eigenvalue weighted by Gasteiger charge is -1.87. The number of aryl methyl sites for hydroxylation is 1. The molecule has 0 N–H and O–H groups in total. The van der Waals surface area contributed by atoms with Crippen LogP contribution >= 0.6 is 11.3 Å². The van der Waals surface area contributed by atoms with E-state index in [4.69, 9.17) is 0 Å². The van der Waals surface area contributed by atoms with Crippen molar-refractivity contribution < 1.29 is 9.90 Å². The largest absolute Gasteiger partial charge is 0.545 e. The number of rotatable bonds is 2. The first-order valence-corrected chi connectivity index (χ1v) is 3.95. The molecule has 1 heterocycles. The molecule has 11 heavy (non-hydrogen) atoms. The number of carboxylic acids is 1. The standard InChI is InChI=1S/C8H8O2S/c1-6-2-3-7(11-6)4-5-8(9)10/h2-5H,1H3,(H,9,10)/p-1/b5-4+. The summed E-state index contributed by atoms with van der Waals surface area (Å²) < 4.78 is 0. The van der Waals surface area contributed by atoms with Crippen LogP contribution in [0.1, 0.15) is 9.75 Å². The van der Waals surface area contributed by atoms with Gasteiger partial charge in [-0.15, -0.1) is 11.3 Å². The second-order valence-corrected chi connectivity index (χ2v) is 3.42. The summed E-state index contributed by atoms with van der Waals surface area (Å²) in [7, 11) is 0. The van der Waals surface area contributed by atoms with Crippen LogP contribution in [0.2, 0.25) is 0 Å². The van der Waals surface area contributed by atoms with Crippen LogP contribution in [0.15, 0.2) is 18.2 Å². The van der Waals surface area contributed by atoms with Gasteiger partial charge in [0, 0.05) is 9.75 Å². The van der Waals surface area contributed by atoms with Gasteiger partial charge in [0.1, 0.15) is 0 Å². The van der Waals surface area contributed by atoms with Crippen molar-refractivity contribution in [3.63, 3.8) is 0 Å². The monoisotopic (exact) mass is 167 g/mol. The van der Waals surface area contributed by atoms with Gasteiger partial charge in [0.25, 0.3) is 0 Å². The Balaban J connectivity index is 2.71. The smallest absolute Gasteiger partial charge is 0.0643 e. The molecule has 0 spiro atoms. The zero-order chi connectivity index (χ0) is 8.27. The number of hydrogen-bond acceptors (Lipinski definition) is 3. The second-order valence-electron chi connectivity index (χ2n) is 2.10. The van der Waals surface area contributed by atoms with Crippen LogP contribution in [0.5, 0.6) is 0 Å². The summed E-state index contributed by atoms with van der Waals surface area (Å²) in [5.74, 6) is -1.16. The van der Waals surface area contributed by atoms with E-state index in [-0.39, 0.29) is 0 Å². The first-order valence-electron chi connectivity index (χ1n) is 3.14. The van der Waals surface area contributed by atoms with Crippen LogP contribution in [0.4, 0.5) is 0 Å². The number of hydrogen-bond donors (Lipinski definition) is 0. The van der Waals surface area contributed by atoms with Gasteiger partial charge in [-0.3, -0.25) is 0 Å². The first kappa shape index (κ1) is 8.01. The minimum absolute atomic E-state index is 0.937. The molecule has 0 aliphatic carbocycles. The molecule has 0 saturated carbocycles. The van der Waals surface area contributed by atoms with E-state index >= 15 is 0 Å². The fourth-order valence-electron chi connectivity index (χ4n) is 0.693. The van der Waals surface area contributed by atoms with Crippen LogP contribution in [-0.2, 0) is 4.79 Å². The topological polar surface area (TPSA) is 40.1 Å². The van der Waals surface area contributed by atoms with E-state index in [9.17, 15) is 9.90 Å². The molecule has 0 fully saturated rings. The SMILES string of the molecule is Cc1ccc(/C=C/C(=O)[O-])s1. The Morgan fingerprint density at radius 1 is 1.64 bits per heavy atom. The predicted molar refractivity (Wildman–Crippen MR) is 43.1 cm³/mol. The highest BCUT2D eigenvalue weighted by Gasteiger charge is 1.89. The lowest BCUT2D eigenvalue weighted by Crippen LogP contribution is -2.18. The van der Waals surface area contributed by atoms with Gasteiger partial charge in [-0.25, -0.2) is 0 Å². The molecule has 0 aliphatic heterocycles.